The van der Waals surface area contributed by atoms with Gasteiger partial charge in [-0.2, -0.15) is 0 Å². The van der Waals surface area contributed by atoms with Crippen LogP contribution in [0.3, 0.4) is 0 Å². The summed E-state index contributed by atoms with van der Waals surface area (Å²) in [7, 11) is 0. The van der Waals surface area contributed by atoms with Crippen molar-refractivity contribution in [2.24, 2.45) is 0 Å². The summed E-state index contributed by atoms with van der Waals surface area (Å²) >= 11 is 0. The van der Waals surface area contributed by atoms with E-state index in [0.717, 1.165) is 25.7 Å². The maximum absolute atomic E-state index is 11.2. The van der Waals surface area contributed by atoms with Crippen molar-refractivity contribution in [1.29, 1.82) is 0 Å². The normalized spacial score (nSPS) is 11.8. The summed E-state index contributed by atoms with van der Waals surface area (Å²) in [6, 6.07) is -0.0197. The first kappa shape index (κ1) is 14.0. The summed E-state index contributed by atoms with van der Waals surface area (Å²) in [5.74, 6) is 2.38. The first-order valence-corrected chi connectivity index (χ1v) is 5.59. The van der Waals surface area contributed by atoms with Crippen LogP contribution in [0.25, 0.3) is 0 Å². The summed E-state index contributed by atoms with van der Waals surface area (Å²) < 4.78 is 4.99. The Morgan fingerprint density at radius 1 is 1.47 bits per heavy atom. The van der Waals surface area contributed by atoms with E-state index in [0.29, 0.717) is 6.61 Å². The van der Waals surface area contributed by atoms with Crippen LogP contribution >= 0.6 is 0 Å². The van der Waals surface area contributed by atoms with Crippen LogP contribution in [0.1, 0.15) is 39.5 Å². The van der Waals surface area contributed by atoms with Gasteiger partial charge in [-0.25, -0.2) is 0 Å². The van der Waals surface area contributed by atoms with Crippen LogP contribution in [-0.2, 0) is 9.53 Å². The molecule has 3 heteroatoms. The fourth-order valence-electron chi connectivity index (χ4n) is 1.12. The molecule has 0 radical (unpaired) electrons. The highest BCUT2D eigenvalue weighted by Gasteiger charge is 2.06. The summed E-state index contributed by atoms with van der Waals surface area (Å²) in [6.07, 6.45) is 9.14. The van der Waals surface area contributed by atoms with Crippen molar-refractivity contribution >= 4 is 5.97 Å². The minimum absolute atomic E-state index is 0.0197. The molecular weight excluding hydrogens is 190 g/mol. The Hall–Kier alpha value is -1.01. The molecule has 0 rings (SSSR count). The molecule has 0 amide bonds. The van der Waals surface area contributed by atoms with E-state index in [2.05, 4.69) is 25.1 Å². The summed E-state index contributed by atoms with van der Waals surface area (Å²) in [4.78, 5) is 11.2. The van der Waals surface area contributed by atoms with Gasteiger partial charge in [0.25, 0.3) is 0 Å². The maximum atomic E-state index is 11.2. The molecule has 0 aliphatic heterocycles. The summed E-state index contributed by atoms with van der Waals surface area (Å²) in [5.41, 5.74) is 0. The van der Waals surface area contributed by atoms with Crippen LogP contribution in [0.5, 0.6) is 0 Å². The van der Waals surface area contributed by atoms with Crippen molar-refractivity contribution in [2.45, 2.75) is 45.6 Å². The zero-order valence-electron chi connectivity index (χ0n) is 9.71. The minimum atomic E-state index is -0.222. The second-order valence-electron chi connectivity index (χ2n) is 3.46. The molecular formula is C12H21NO2. The Bertz CT molecular complexity index is 208. The Morgan fingerprint density at radius 3 is 2.73 bits per heavy atom. The van der Waals surface area contributed by atoms with Crippen LogP contribution in [0.15, 0.2) is 0 Å². The largest absolute Gasteiger partial charge is 0.465 e. The lowest BCUT2D eigenvalue weighted by molar-refractivity contribution is -0.142. The number of terminal acetylenes is 1. The summed E-state index contributed by atoms with van der Waals surface area (Å²) in [6.45, 7) is 4.83. The molecule has 0 aromatic heterocycles. The molecule has 0 aromatic rings. The Kier molecular flexibility index (Phi) is 8.90. The highest BCUT2D eigenvalue weighted by molar-refractivity contribution is 5.71. The molecule has 0 aliphatic rings. The van der Waals surface area contributed by atoms with Gasteiger partial charge < -0.3 is 4.74 Å². The third-order valence-electron chi connectivity index (χ3n) is 2.03. The Labute approximate surface area is 92.6 Å². The molecule has 1 N–H and O–H groups in total. The molecule has 15 heavy (non-hydrogen) atoms. The van der Waals surface area contributed by atoms with E-state index >= 15 is 0 Å². The van der Waals surface area contributed by atoms with E-state index < -0.39 is 0 Å². The van der Waals surface area contributed by atoms with Crippen LogP contribution in [0.4, 0.5) is 0 Å². The zero-order chi connectivity index (χ0) is 11.5. The van der Waals surface area contributed by atoms with Crippen LogP contribution in [-0.4, -0.2) is 25.2 Å². The van der Waals surface area contributed by atoms with Crippen molar-refractivity contribution in [2.75, 3.05) is 13.2 Å². The van der Waals surface area contributed by atoms with Crippen molar-refractivity contribution in [3.05, 3.63) is 0 Å². The van der Waals surface area contributed by atoms with Gasteiger partial charge in [0.2, 0.25) is 0 Å². The molecule has 0 aliphatic carbocycles. The van der Waals surface area contributed by atoms with Crippen LogP contribution in [0, 0.1) is 12.3 Å². The molecule has 0 fully saturated rings. The van der Waals surface area contributed by atoms with Crippen LogP contribution < -0.4 is 5.32 Å². The van der Waals surface area contributed by atoms with Gasteiger partial charge in [0.15, 0.2) is 0 Å². The minimum Gasteiger partial charge on any atom is -0.465 e. The van der Waals surface area contributed by atoms with Crippen molar-refractivity contribution in [3.8, 4) is 12.3 Å². The smallest absolute Gasteiger partial charge is 0.319 e. The van der Waals surface area contributed by atoms with Gasteiger partial charge in [-0.3, -0.25) is 10.1 Å². The first-order chi connectivity index (χ1) is 7.24. The van der Waals surface area contributed by atoms with E-state index in [4.69, 9.17) is 11.2 Å². The monoisotopic (exact) mass is 211 g/mol. The van der Waals surface area contributed by atoms with Gasteiger partial charge in [-0.1, -0.05) is 32.6 Å². The van der Waals surface area contributed by atoms with Crippen molar-refractivity contribution in [1.82, 2.24) is 5.32 Å². The standard InChI is InChI=1S/C12H21NO2/c1-4-7-9-15-12(14)10-13-11(6-3)8-5-2/h3,11,13H,4-5,7-10H2,1-2H3. The first-order valence-electron chi connectivity index (χ1n) is 5.59. The fourth-order valence-corrected chi connectivity index (χ4v) is 1.12. The lowest BCUT2D eigenvalue weighted by atomic mass is 10.2. The average molecular weight is 211 g/mol. The number of nitrogens with one attached hydrogen (secondary N) is 1. The maximum Gasteiger partial charge on any atom is 0.319 e. The molecule has 0 saturated heterocycles. The number of esters is 1. The highest BCUT2D eigenvalue weighted by atomic mass is 16.5. The molecule has 3 nitrogen and oxygen atoms in total. The van der Waals surface area contributed by atoms with Gasteiger partial charge in [0, 0.05) is 0 Å². The predicted molar refractivity (Wildman–Crippen MR) is 61.4 cm³/mol. The van der Waals surface area contributed by atoms with Gasteiger partial charge in [-0.15, -0.1) is 6.42 Å². The second-order valence-corrected chi connectivity index (χ2v) is 3.46. The highest BCUT2D eigenvalue weighted by Crippen LogP contribution is 1.94. The second kappa shape index (κ2) is 9.54. The van der Waals surface area contributed by atoms with E-state index in [-0.39, 0.29) is 18.6 Å². The topological polar surface area (TPSA) is 38.3 Å². The van der Waals surface area contributed by atoms with Gasteiger partial charge >= 0.3 is 5.97 Å². The van der Waals surface area contributed by atoms with Crippen LogP contribution in [0.2, 0.25) is 0 Å². The SMILES string of the molecule is C#CC(CCC)NCC(=O)OCCCC. The number of rotatable bonds is 8. The van der Waals surface area contributed by atoms with Gasteiger partial charge in [0.05, 0.1) is 19.2 Å². The fraction of sp³-hybridized carbons (Fsp3) is 0.750. The molecule has 0 bridgehead atoms. The van der Waals surface area contributed by atoms with Crippen molar-refractivity contribution in [3.63, 3.8) is 0 Å². The van der Waals surface area contributed by atoms with E-state index in [1.807, 2.05) is 0 Å². The number of hydrogen-bond acceptors (Lipinski definition) is 3. The molecule has 0 heterocycles. The average Bonchev–Trinajstić information content (AvgIpc) is 2.24. The zero-order valence-corrected chi connectivity index (χ0v) is 9.71. The van der Waals surface area contributed by atoms with E-state index in [1.165, 1.54) is 0 Å². The number of hydrogen-bond donors (Lipinski definition) is 1. The number of carbonyl (C=O) groups is 1. The molecule has 86 valence electrons. The number of ether oxygens (including phenoxy) is 1. The Morgan fingerprint density at radius 2 is 2.20 bits per heavy atom. The summed E-state index contributed by atoms with van der Waals surface area (Å²) in [5, 5.41) is 2.99. The lowest BCUT2D eigenvalue weighted by Crippen LogP contribution is -2.33. The molecule has 1 atom stereocenters. The Balaban J connectivity index is 3.56. The van der Waals surface area contributed by atoms with Gasteiger partial charge in [-0.05, 0) is 12.8 Å². The van der Waals surface area contributed by atoms with Crippen molar-refractivity contribution < 1.29 is 9.53 Å². The third kappa shape index (κ3) is 8.02. The molecule has 0 aromatic carbocycles. The lowest BCUT2D eigenvalue weighted by Gasteiger charge is -2.11. The van der Waals surface area contributed by atoms with E-state index in [9.17, 15) is 4.79 Å². The molecule has 1 unspecified atom stereocenters. The molecule has 0 saturated carbocycles. The molecule has 0 spiro atoms. The quantitative estimate of drug-likeness (QED) is 0.377. The number of unbranched alkanes of at least 4 members (excludes halogenated alkanes) is 1. The predicted octanol–water partition coefficient (Wildman–Crippen LogP) is 1.72. The van der Waals surface area contributed by atoms with E-state index in [1.54, 1.807) is 0 Å². The number of carbonyl (C=O) groups excluding carboxylic acids is 1. The third-order valence-corrected chi connectivity index (χ3v) is 2.03. The van der Waals surface area contributed by atoms with Gasteiger partial charge in [0.1, 0.15) is 0 Å².